The van der Waals surface area contributed by atoms with Crippen LogP contribution in [0.4, 0.5) is 5.69 Å². The van der Waals surface area contributed by atoms with Crippen LogP contribution >= 0.6 is 0 Å². The number of hydrogen-bond donors (Lipinski definition) is 1. The van der Waals surface area contributed by atoms with Gasteiger partial charge in [-0.25, -0.2) is 15.0 Å². The molecule has 4 heteroatoms. The number of benzene rings is 8. The molecule has 1 aliphatic heterocycles. The lowest BCUT2D eigenvalue weighted by atomic mass is 9.86. The van der Waals surface area contributed by atoms with Crippen molar-refractivity contribution in [3.05, 3.63) is 205 Å². The maximum atomic E-state index is 4.93. The Morgan fingerprint density at radius 3 is 1.56 bits per heavy atom. The van der Waals surface area contributed by atoms with E-state index < -0.39 is 0 Å². The predicted octanol–water partition coefficient (Wildman–Crippen LogP) is 12.5. The largest absolute Gasteiger partial charge is 0.374 e. The summed E-state index contributed by atoms with van der Waals surface area (Å²) in [7, 11) is 0. The third kappa shape index (κ3) is 5.80. The highest BCUT2D eigenvalue weighted by Crippen LogP contribution is 2.43. The Kier molecular flexibility index (Phi) is 7.85. The van der Waals surface area contributed by atoms with E-state index in [-0.39, 0.29) is 6.04 Å². The molecular formula is C50H34N4. The number of rotatable bonds is 6. The third-order valence-corrected chi connectivity index (χ3v) is 10.4. The minimum Gasteiger partial charge on any atom is -0.374 e. The molecule has 4 nitrogen and oxygen atoms in total. The van der Waals surface area contributed by atoms with Crippen LogP contribution in [0.5, 0.6) is 0 Å². The average molecular weight is 691 g/mol. The van der Waals surface area contributed by atoms with E-state index in [2.05, 4.69) is 139 Å². The topological polar surface area (TPSA) is 50.7 Å². The number of fused-ring (bicyclic) bond motifs is 4. The van der Waals surface area contributed by atoms with Crippen LogP contribution in [0, 0.1) is 0 Å². The Bertz CT molecular complexity index is 2720. The number of anilines is 1. The van der Waals surface area contributed by atoms with Crippen molar-refractivity contribution in [3.8, 4) is 67.5 Å². The van der Waals surface area contributed by atoms with Gasteiger partial charge in [0.2, 0.25) is 0 Å². The normalized spacial score (nSPS) is 13.1. The van der Waals surface area contributed by atoms with Crippen LogP contribution in [0.15, 0.2) is 194 Å². The second-order valence-electron chi connectivity index (χ2n) is 13.7. The molecular weight excluding hydrogens is 657 g/mol. The molecule has 0 aliphatic carbocycles. The Hall–Kier alpha value is -7.17. The first-order valence-electron chi connectivity index (χ1n) is 18.3. The molecule has 254 valence electrons. The van der Waals surface area contributed by atoms with Crippen LogP contribution in [-0.4, -0.2) is 15.0 Å². The molecule has 0 saturated heterocycles. The van der Waals surface area contributed by atoms with E-state index in [1.165, 1.54) is 49.8 Å². The molecule has 1 aliphatic rings. The number of nitrogens with zero attached hydrogens (tertiary/aromatic N) is 3. The quantitative estimate of drug-likeness (QED) is 0.189. The molecule has 1 aromatic heterocycles. The molecule has 0 saturated carbocycles. The van der Waals surface area contributed by atoms with Gasteiger partial charge in [-0.1, -0.05) is 176 Å². The fourth-order valence-corrected chi connectivity index (χ4v) is 7.65. The SMILES string of the molecule is c1ccc(-c2nc(-c3ccccc3)nc(-c3ccc(-c4cc(-c5ccc(C6Nc7ccccc7-c7ccccc76)cc5)c5ccccc5c4)cc3)n2)cc1. The zero-order chi connectivity index (χ0) is 35.8. The van der Waals surface area contributed by atoms with E-state index >= 15 is 0 Å². The Morgan fingerprint density at radius 1 is 0.352 bits per heavy atom. The Morgan fingerprint density at radius 2 is 0.870 bits per heavy atom. The van der Waals surface area contributed by atoms with Gasteiger partial charge in [0.1, 0.15) is 0 Å². The molecule has 8 aromatic carbocycles. The van der Waals surface area contributed by atoms with Gasteiger partial charge in [0.15, 0.2) is 17.5 Å². The van der Waals surface area contributed by atoms with E-state index in [0.29, 0.717) is 17.5 Å². The summed E-state index contributed by atoms with van der Waals surface area (Å²) in [5, 5.41) is 6.25. The number of hydrogen-bond acceptors (Lipinski definition) is 4. The first kappa shape index (κ1) is 31.6. The van der Waals surface area contributed by atoms with Gasteiger partial charge >= 0.3 is 0 Å². The first-order chi connectivity index (χ1) is 26.7. The van der Waals surface area contributed by atoms with Gasteiger partial charge in [0, 0.05) is 27.9 Å². The monoisotopic (exact) mass is 690 g/mol. The van der Waals surface area contributed by atoms with Crippen molar-refractivity contribution in [2.45, 2.75) is 6.04 Å². The molecule has 1 atom stereocenters. The highest BCUT2D eigenvalue weighted by Gasteiger charge is 2.25. The van der Waals surface area contributed by atoms with Crippen LogP contribution in [0.3, 0.4) is 0 Å². The van der Waals surface area contributed by atoms with Gasteiger partial charge < -0.3 is 5.32 Å². The molecule has 1 N–H and O–H groups in total. The second-order valence-corrected chi connectivity index (χ2v) is 13.7. The van der Waals surface area contributed by atoms with Gasteiger partial charge in [-0.05, 0) is 67.9 Å². The van der Waals surface area contributed by atoms with E-state index in [4.69, 9.17) is 15.0 Å². The van der Waals surface area contributed by atoms with Gasteiger partial charge in [0.05, 0.1) is 6.04 Å². The van der Waals surface area contributed by atoms with Crippen LogP contribution in [-0.2, 0) is 0 Å². The summed E-state index contributed by atoms with van der Waals surface area (Å²) >= 11 is 0. The zero-order valence-corrected chi connectivity index (χ0v) is 29.4. The molecule has 9 aromatic rings. The molecule has 0 spiro atoms. The number of nitrogens with one attached hydrogen (secondary N) is 1. The predicted molar refractivity (Wildman–Crippen MR) is 222 cm³/mol. The zero-order valence-electron chi connectivity index (χ0n) is 29.4. The molecule has 0 fully saturated rings. The first-order valence-corrected chi connectivity index (χ1v) is 18.3. The van der Waals surface area contributed by atoms with Gasteiger partial charge in [-0.3, -0.25) is 0 Å². The average Bonchev–Trinajstić information content (AvgIpc) is 3.26. The Labute approximate surface area is 314 Å². The van der Waals surface area contributed by atoms with Crippen LogP contribution in [0.25, 0.3) is 78.3 Å². The van der Waals surface area contributed by atoms with Crippen molar-refractivity contribution in [1.82, 2.24) is 15.0 Å². The summed E-state index contributed by atoms with van der Waals surface area (Å²) in [6, 6.07) is 68.5. The van der Waals surface area contributed by atoms with Crippen LogP contribution in [0.1, 0.15) is 17.2 Å². The summed E-state index contributed by atoms with van der Waals surface area (Å²) in [6.07, 6.45) is 0. The lowest BCUT2D eigenvalue weighted by Gasteiger charge is -2.30. The van der Waals surface area contributed by atoms with Crippen molar-refractivity contribution in [3.63, 3.8) is 0 Å². The van der Waals surface area contributed by atoms with Crippen molar-refractivity contribution in [1.29, 1.82) is 0 Å². The maximum Gasteiger partial charge on any atom is 0.164 e. The van der Waals surface area contributed by atoms with Gasteiger partial charge in [-0.2, -0.15) is 0 Å². The highest BCUT2D eigenvalue weighted by atomic mass is 15.0. The highest BCUT2D eigenvalue weighted by molar-refractivity contribution is 6.00. The van der Waals surface area contributed by atoms with Crippen molar-refractivity contribution in [2.24, 2.45) is 0 Å². The third-order valence-electron chi connectivity index (χ3n) is 10.4. The molecule has 10 rings (SSSR count). The van der Waals surface area contributed by atoms with Crippen molar-refractivity contribution < 1.29 is 0 Å². The van der Waals surface area contributed by atoms with E-state index in [1.54, 1.807) is 0 Å². The lowest BCUT2D eigenvalue weighted by molar-refractivity contribution is 0.930. The van der Waals surface area contributed by atoms with E-state index in [9.17, 15) is 0 Å². The summed E-state index contributed by atoms with van der Waals surface area (Å²) in [6.45, 7) is 0. The minimum atomic E-state index is 0.0728. The van der Waals surface area contributed by atoms with E-state index in [1.807, 2.05) is 60.7 Å². The fraction of sp³-hybridized carbons (Fsp3) is 0.0200. The summed E-state index contributed by atoms with van der Waals surface area (Å²) < 4.78 is 0. The summed E-state index contributed by atoms with van der Waals surface area (Å²) in [5.41, 5.74) is 13.8. The maximum absolute atomic E-state index is 4.93. The Balaban J connectivity index is 1.00. The molecule has 0 bridgehead atoms. The number of para-hydroxylation sites is 1. The number of aromatic nitrogens is 3. The van der Waals surface area contributed by atoms with E-state index in [0.717, 1.165) is 27.8 Å². The van der Waals surface area contributed by atoms with Crippen molar-refractivity contribution in [2.75, 3.05) is 5.32 Å². The van der Waals surface area contributed by atoms with Gasteiger partial charge in [0.25, 0.3) is 0 Å². The molecule has 1 unspecified atom stereocenters. The minimum absolute atomic E-state index is 0.0728. The summed E-state index contributed by atoms with van der Waals surface area (Å²) in [4.78, 5) is 14.7. The second kappa shape index (κ2) is 13.4. The fourth-order valence-electron chi connectivity index (χ4n) is 7.65. The lowest BCUT2D eigenvalue weighted by Crippen LogP contribution is -2.17. The van der Waals surface area contributed by atoms with Crippen LogP contribution < -0.4 is 5.32 Å². The molecule has 2 heterocycles. The molecule has 54 heavy (non-hydrogen) atoms. The molecule has 0 amide bonds. The smallest absolute Gasteiger partial charge is 0.164 e. The standard InChI is InChI=1S/C50H34N4/c1-3-13-36(14-4-1)48-52-49(37-15-5-2-6-16-37)54-50(53-48)38-29-23-33(24-30-38)40-31-39-17-7-8-18-41(39)45(32-40)34-25-27-35(28-26-34)47-44-21-10-9-19-42(44)43-20-11-12-22-46(43)51-47/h1-32,47,51H. The molecule has 0 radical (unpaired) electrons. The van der Waals surface area contributed by atoms with Crippen molar-refractivity contribution >= 4 is 16.5 Å². The van der Waals surface area contributed by atoms with Crippen LogP contribution in [0.2, 0.25) is 0 Å². The summed E-state index contributed by atoms with van der Waals surface area (Å²) in [5.74, 6) is 1.95. The van der Waals surface area contributed by atoms with Gasteiger partial charge in [-0.15, -0.1) is 0 Å².